The molecule has 25 heavy (non-hydrogen) atoms. The third-order valence-electron chi connectivity index (χ3n) is 4.51. The number of hydrogen-bond donors (Lipinski definition) is 2. The number of nitrogens with zero attached hydrogens (tertiary/aromatic N) is 1. The van der Waals surface area contributed by atoms with Gasteiger partial charge in [0, 0.05) is 18.0 Å². The molecule has 0 spiro atoms. The summed E-state index contributed by atoms with van der Waals surface area (Å²) < 4.78 is 5.30. The Labute approximate surface area is 147 Å². The van der Waals surface area contributed by atoms with E-state index >= 15 is 0 Å². The van der Waals surface area contributed by atoms with Gasteiger partial charge in [-0.1, -0.05) is 31.1 Å². The van der Waals surface area contributed by atoms with Crippen molar-refractivity contribution in [2.45, 2.75) is 52.5 Å². The highest BCUT2D eigenvalue weighted by atomic mass is 16.5. The van der Waals surface area contributed by atoms with Gasteiger partial charge >= 0.3 is 0 Å². The second-order valence-corrected chi connectivity index (χ2v) is 6.82. The molecule has 0 bridgehead atoms. The minimum absolute atomic E-state index is 0.0470. The van der Waals surface area contributed by atoms with Crippen LogP contribution in [0.15, 0.2) is 22.7 Å². The van der Waals surface area contributed by atoms with Crippen molar-refractivity contribution >= 4 is 17.5 Å². The fourth-order valence-corrected chi connectivity index (χ4v) is 3.08. The molecule has 1 aliphatic rings. The van der Waals surface area contributed by atoms with E-state index < -0.39 is 0 Å². The number of benzene rings is 1. The average molecular weight is 341 g/mol. The minimum Gasteiger partial charge on any atom is -0.360 e. The molecule has 2 heterocycles. The fourth-order valence-electron chi connectivity index (χ4n) is 3.08. The number of aryl methyl sites for hydroxylation is 2. The predicted octanol–water partition coefficient (Wildman–Crippen LogP) is 3.48. The zero-order chi connectivity index (χ0) is 18.1. The summed E-state index contributed by atoms with van der Waals surface area (Å²) in [5.74, 6) is 0.562. The first-order valence-corrected chi connectivity index (χ1v) is 8.56. The van der Waals surface area contributed by atoms with Crippen LogP contribution in [0.3, 0.4) is 0 Å². The Morgan fingerprint density at radius 1 is 1.28 bits per heavy atom. The van der Waals surface area contributed by atoms with Gasteiger partial charge < -0.3 is 15.2 Å². The molecule has 2 N–H and O–H groups in total. The van der Waals surface area contributed by atoms with Crippen LogP contribution in [-0.2, 0) is 11.2 Å². The van der Waals surface area contributed by atoms with E-state index in [9.17, 15) is 9.59 Å². The van der Waals surface area contributed by atoms with Crippen molar-refractivity contribution in [3.8, 4) is 0 Å². The van der Waals surface area contributed by atoms with E-state index in [1.807, 2.05) is 39.0 Å². The number of aromatic nitrogens is 1. The van der Waals surface area contributed by atoms with E-state index in [2.05, 4.69) is 15.8 Å². The van der Waals surface area contributed by atoms with E-state index in [1.165, 1.54) is 0 Å². The molecule has 0 fully saturated rings. The van der Waals surface area contributed by atoms with Gasteiger partial charge in [-0.05, 0) is 37.5 Å². The molecule has 0 saturated carbocycles. The average Bonchev–Trinajstić information content (AvgIpc) is 2.96. The third kappa shape index (κ3) is 3.43. The molecule has 1 aromatic carbocycles. The summed E-state index contributed by atoms with van der Waals surface area (Å²) in [6.07, 6.45) is 1.22. The van der Waals surface area contributed by atoms with Crippen LogP contribution in [0.25, 0.3) is 0 Å². The number of rotatable bonds is 4. The van der Waals surface area contributed by atoms with Gasteiger partial charge in [-0.25, -0.2) is 0 Å². The van der Waals surface area contributed by atoms with Gasteiger partial charge in [0.25, 0.3) is 5.91 Å². The number of fused-ring (bicyclic) bond motifs is 1. The van der Waals surface area contributed by atoms with Crippen molar-refractivity contribution in [2.75, 3.05) is 5.32 Å². The zero-order valence-electron chi connectivity index (χ0n) is 15.0. The predicted molar refractivity (Wildman–Crippen MR) is 94.6 cm³/mol. The molecular weight excluding hydrogens is 318 g/mol. The topological polar surface area (TPSA) is 84.2 Å². The molecule has 6 heteroatoms. The Kier molecular flexibility index (Phi) is 4.61. The first kappa shape index (κ1) is 17.2. The summed E-state index contributed by atoms with van der Waals surface area (Å²) in [6.45, 7) is 7.66. The van der Waals surface area contributed by atoms with Crippen molar-refractivity contribution in [3.05, 3.63) is 46.3 Å². The monoisotopic (exact) mass is 341 g/mol. The zero-order valence-corrected chi connectivity index (χ0v) is 15.0. The summed E-state index contributed by atoms with van der Waals surface area (Å²) in [5, 5.41) is 9.82. The van der Waals surface area contributed by atoms with Gasteiger partial charge in [0.2, 0.25) is 5.91 Å². The lowest BCUT2D eigenvalue weighted by atomic mass is 9.97. The molecule has 6 nitrogen and oxygen atoms in total. The highest BCUT2D eigenvalue weighted by Crippen LogP contribution is 2.27. The van der Waals surface area contributed by atoms with Crippen LogP contribution in [0.4, 0.5) is 5.69 Å². The Morgan fingerprint density at radius 3 is 2.76 bits per heavy atom. The molecule has 2 amide bonds. The third-order valence-corrected chi connectivity index (χ3v) is 4.51. The number of carbonyl (C=O) groups is 2. The number of amides is 2. The molecular formula is C19H23N3O3. The lowest BCUT2D eigenvalue weighted by molar-refractivity contribution is -0.116. The standard InChI is InChI=1S/C19H23N3O3/c1-10(2)18-17(12(4)22-25-18)19(24)20-11(3)13-5-7-15-14(9-13)6-8-16(23)21-15/h5,7,9-11H,6,8H2,1-4H3,(H,20,24)(H,21,23)/t11-/m1/s1. The molecule has 0 radical (unpaired) electrons. The molecule has 132 valence electrons. The van der Waals surface area contributed by atoms with E-state index in [0.29, 0.717) is 23.4 Å². The highest BCUT2D eigenvalue weighted by Gasteiger charge is 2.24. The number of nitrogens with one attached hydrogen (secondary N) is 2. The molecule has 3 rings (SSSR count). The van der Waals surface area contributed by atoms with Crippen LogP contribution in [0.1, 0.15) is 72.1 Å². The molecule has 0 aliphatic carbocycles. The fraction of sp³-hybridized carbons (Fsp3) is 0.421. The Morgan fingerprint density at radius 2 is 2.04 bits per heavy atom. The molecule has 0 saturated heterocycles. The quantitative estimate of drug-likeness (QED) is 0.891. The summed E-state index contributed by atoms with van der Waals surface area (Å²) in [5.41, 5.74) is 4.08. The summed E-state index contributed by atoms with van der Waals surface area (Å²) in [6, 6.07) is 5.71. The summed E-state index contributed by atoms with van der Waals surface area (Å²) in [4.78, 5) is 24.2. The van der Waals surface area contributed by atoms with Gasteiger partial charge in [-0.2, -0.15) is 0 Å². The van der Waals surface area contributed by atoms with Crippen LogP contribution in [0.2, 0.25) is 0 Å². The number of anilines is 1. The van der Waals surface area contributed by atoms with E-state index in [0.717, 1.165) is 23.2 Å². The van der Waals surface area contributed by atoms with Crippen LogP contribution < -0.4 is 10.6 Å². The maximum Gasteiger partial charge on any atom is 0.257 e. The van der Waals surface area contributed by atoms with E-state index in [4.69, 9.17) is 4.52 Å². The first-order chi connectivity index (χ1) is 11.9. The van der Waals surface area contributed by atoms with Gasteiger partial charge in [-0.3, -0.25) is 9.59 Å². The van der Waals surface area contributed by atoms with Crippen molar-refractivity contribution in [2.24, 2.45) is 0 Å². The Balaban J connectivity index is 1.79. The van der Waals surface area contributed by atoms with Crippen LogP contribution in [0.5, 0.6) is 0 Å². The number of carbonyl (C=O) groups excluding carboxylic acids is 2. The van der Waals surface area contributed by atoms with Gasteiger partial charge in [0.05, 0.1) is 11.7 Å². The maximum absolute atomic E-state index is 12.7. The molecule has 2 aromatic rings. The van der Waals surface area contributed by atoms with Crippen LogP contribution in [0, 0.1) is 6.92 Å². The Bertz CT molecular complexity index is 823. The van der Waals surface area contributed by atoms with E-state index in [1.54, 1.807) is 6.92 Å². The van der Waals surface area contributed by atoms with Crippen LogP contribution >= 0.6 is 0 Å². The second-order valence-electron chi connectivity index (χ2n) is 6.82. The summed E-state index contributed by atoms with van der Waals surface area (Å²) >= 11 is 0. The van der Waals surface area contributed by atoms with Gasteiger partial charge in [0.1, 0.15) is 5.56 Å². The lowest BCUT2D eigenvalue weighted by Crippen LogP contribution is -2.28. The minimum atomic E-state index is -0.180. The maximum atomic E-state index is 12.7. The van der Waals surface area contributed by atoms with Gasteiger partial charge in [0.15, 0.2) is 5.76 Å². The lowest BCUT2D eigenvalue weighted by Gasteiger charge is -2.20. The smallest absolute Gasteiger partial charge is 0.257 e. The van der Waals surface area contributed by atoms with Gasteiger partial charge in [-0.15, -0.1) is 0 Å². The molecule has 1 atom stereocenters. The van der Waals surface area contributed by atoms with Crippen LogP contribution in [-0.4, -0.2) is 17.0 Å². The SMILES string of the molecule is Cc1noc(C(C)C)c1C(=O)N[C@H](C)c1ccc2c(c1)CCC(=O)N2. The van der Waals surface area contributed by atoms with E-state index in [-0.39, 0.29) is 23.8 Å². The largest absolute Gasteiger partial charge is 0.360 e. The Hall–Kier alpha value is -2.63. The van der Waals surface area contributed by atoms with Crippen molar-refractivity contribution in [1.29, 1.82) is 0 Å². The summed E-state index contributed by atoms with van der Waals surface area (Å²) in [7, 11) is 0. The van der Waals surface area contributed by atoms with Crippen molar-refractivity contribution < 1.29 is 14.1 Å². The van der Waals surface area contributed by atoms with Crippen molar-refractivity contribution in [1.82, 2.24) is 10.5 Å². The van der Waals surface area contributed by atoms with Crippen molar-refractivity contribution in [3.63, 3.8) is 0 Å². The molecule has 1 aromatic heterocycles. The highest BCUT2D eigenvalue weighted by molar-refractivity contribution is 5.96. The normalized spacial score (nSPS) is 14.8. The first-order valence-electron chi connectivity index (χ1n) is 8.56. The molecule has 0 unspecified atom stereocenters. The molecule has 1 aliphatic heterocycles. The second kappa shape index (κ2) is 6.70. The number of hydrogen-bond acceptors (Lipinski definition) is 4.